The summed E-state index contributed by atoms with van der Waals surface area (Å²) in [5.41, 5.74) is 4.43. The number of alkyl halides is 3. The number of allylic oxidation sites excluding steroid dienone is 2. The van der Waals surface area contributed by atoms with E-state index >= 15 is 0 Å². The Morgan fingerprint density at radius 3 is 2.50 bits per heavy atom. The van der Waals surface area contributed by atoms with Gasteiger partial charge in [0.1, 0.15) is 11.9 Å². The second-order valence-electron chi connectivity index (χ2n) is 5.99. The molecule has 1 amide bonds. The van der Waals surface area contributed by atoms with Gasteiger partial charge in [0.2, 0.25) is 15.9 Å². The van der Waals surface area contributed by atoms with E-state index in [1.807, 2.05) is 4.72 Å². The molecular weight excluding hydrogens is 426 g/mol. The molecule has 0 aromatic heterocycles. The zero-order valence-corrected chi connectivity index (χ0v) is 16.6. The average Bonchev–Trinajstić information content (AvgIpc) is 2.62. The van der Waals surface area contributed by atoms with Gasteiger partial charge < -0.3 is 11.1 Å². The monoisotopic (exact) mass is 445 g/mol. The van der Waals surface area contributed by atoms with Crippen LogP contribution in [0.1, 0.15) is 11.1 Å². The third-order valence-corrected chi connectivity index (χ3v) is 4.08. The summed E-state index contributed by atoms with van der Waals surface area (Å²) in [6.07, 6.45) is 5.22. The molecule has 1 unspecified atom stereocenters. The Hall–Kier alpha value is -3.10. The lowest BCUT2D eigenvalue weighted by Crippen LogP contribution is -2.38. The van der Waals surface area contributed by atoms with Crippen molar-refractivity contribution in [1.82, 2.24) is 5.32 Å². The lowest BCUT2D eigenvalue weighted by molar-refractivity contribution is -0.138. The Morgan fingerprint density at radius 2 is 2.00 bits per heavy atom. The first-order chi connectivity index (χ1) is 13.8. The maximum Gasteiger partial charge on any atom is 0.407 e. The normalized spacial score (nSPS) is 13.6. The van der Waals surface area contributed by atoms with Crippen molar-refractivity contribution in [1.29, 1.82) is 0 Å². The number of carbonyl (C=O) groups is 1. The molecule has 0 saturated carbocycles. The lowest BCUT2D eigenvalue weighted by atomic mass is 10.1. The first kappa shape index (κ1) is 24.9. The number of terminal acetylenes is 1. The number of benzene rings is 1. The highest BCUT2D eigenvalue weighted by Gasteiger charge is 2.38. The van der Waals surface area contributed by atoms with E-state index in [2.05, 4.69) is 17.8 Å². The predicted molar refractivity (Wildman–Crippen MR) is 106 cm³/mol. The first-order valence-electron chi connectivity index (χ1n) is 8.16. The zero-order valence-electron chi connectivity index (χ0n) is 15.8. The van der Waals surface area contributed by atoms with Gasteiger partial charge in [0.25, 0.3) is 0 Å². The molecule has 162 valence electrons. The molecule has 1 aromatic carbocycles. The molecule has 0 saturated heterocycles. The highest BCUT2D eigenvalue weighted by molar-refractivity contribution is 7.92. The largest absolute Gasteiger partial charge is 0.407 e. The highest BCUT2D eigenvalue weighted by Crippen LogP contribution is 2.25. The number of carbonyl (C=O) groups excluding carboxylic acids is 1. The van der Waals surface area contributed by atoms with E-state index in [1.54, 1.807) is 0 Å². The van der Waals surface area contributed by atoms with Crippen molar-refractivity contribution in [2.75, 3.05) is 11.0 Å². The van der Waals surface area contributed by atoms with Crippen LogP contribution in [-0.2, 0) is 21.4 Å². The van der Waals surface area contributed by atoms with Crippen molar-refractivity contribution < 1.29 is 30.8 Å². The van der Waals surface area contributed by atoms with Crippen LogP contribution in [0.3, 0.4) is 0 Å². The molecule has 0 fully saturated rings. The number of hydrogen-bond acceptors (Lipinski definition) is 4. The second kappa shape index (κ2) is 10.1. The van der Waals surface area contributed by atoms with E-state index in [-0.39, 0.29) is 23.2 Å². The molecule has 4 N–H and O–H groups in total. The van der Waals surface area contributed by atoms with Crippen LogP contribution in [0.2, 0.25) is 0 Å². The predicted octanol–water partition coefficient (Wildman–Crippen LogP) is 2.35. The number of anilines is 1. The number of rotatable bonds is 8. The minimum absolute atomic E-state index is 0.0902. The van der Waals surface area contributed by atoms with Gasteiger partial charge in [0, 0.05) is 12.6 Å². The van der Waals surface area contributed by atoms with Crippen molar-refractivity contribution in [3.8, 4) is 12.3 Å². The minimum Gasteiger partial charge on any atom is -0.348 e. The molecule has 0 aliphatic heterocycles. The Labute approximate surface area is 171 Å². The summed E-state index contributed by atoms with van der Waals surface area (Å²) in [6.45, 7) is 3.07. The molecular formula is C19H19F4N3O3S. The molecule has 6 nitrogen and oxygen atoms in total. The maximum absolute atomic E-state index is 14.2. The van der Waals surface area contributed by atoms with E-state index in [0.717, 1.165) is 36.6 Å². The Balaban J connectivity index is 2.94. The van der Waals surface area contributed by atoms with Gasteiger partial charge in [-0.1, -0.05) is 30.7 Å². The molecule has 0 bridgehead atoms. The number of nitrogens with two attached hydrogens (primary N) is 1. The summed E-state index contributed by atoms with van der Waals surface area (Å²) in [6, 6.07) is -0.0637. The Morgan fingerprint density at radius 1 is 1.37 bits per heavy atom. The second-order valence-corrected chi connectivity index (χ2v) is 7.74. The summed E-state index contributed by atoms with van der Waals surface area (Å²) in [5, 5.41) is 2.35. The Kier molecular flexibility index (Phi) is 8.38. The van der Waals surface area contributed by atoms with Gasteiger partial charge in [-0.2, -0.15) is 13.2 Å². The van der Waals surface area contributed by atoms with E-state index < -0.39 is 39.7 Å². The van der Waals surface area contributed by atoms with Gasteiger partial charge in [0.15, 0.2) is 0 Å². The standard InChI is InChI=1S/C19H19F4N3O3S/c1-4-6-14(18(24)19(21,22)23)7-8-16(27)25-11-12-9-13(5-2)17(15(20)10-12)26-30(3,28)29/h2,4,6-10,18,26H,1,11,24H2,3H3,(H,25,27)/b8-7+,14-6-. The third kappa shape index (κ3) is 7.73. The number of nitrogens with one attached hydrogen (secondary N) is 2. The smallest absolute Gasteiger partial charge is 0.348 e. The summed E-state index contributed by atoms with van der Waals surface area (Å²) >= 11 is 0. The SMILES string of the molecule is C#Cc1cc(CNC(=O)/C=C/C(=C/C=C)C(N)C(F)(F)F)cc(F)c1NS(C)(=O)=O. The number of amides is 1. The molecule has 11 heteroatoms. The summed E-state index contributed by atoms with van der Waals surface area (Å²) in [4.78, 5) is 11.9. The number of halogens is 4. The summed E-state index contributed by atoms with van der Waals surface area (Å²) < 4.78 is 77.0. The van der Waals surface area contributed by atoms with Gasteiger partial charge in [-0.15, -0.1) is 6.42 Å². The summed E-state index contributed by atoms with van der Waals surface area (Å²) in [7, 11) is -3.78. The lowest BCUT2D eigenvalue weighted by Gasteiger charge is -2.16. The topological polar surface area (TPSA) is 101 Å². The molecule has 1 aromatic rings. The molecule has 0 spiro atoms. The van der Waals surface area contributed by atoms with E-state index in [4.69, 9.17) is 12.2 Å². The Bertz CT molecular complexity index is 1020. The molecule has 0 radical (unpaired) electrons. The van der Waals surface area contributed by atoms with Gasteiger partial charge >= 0.3 is 6.18 Å². The van der Waals surface area contributed by atoms with Crippen molar-refractivity contribution in [2.24, 2.45) is 5.73 Å². The van der Waals surface area contributed by atoms with Crippen molar-refractivity contribution in [3.63, 3.8) is 0 Å². The van der Waals surface area contributed by atoms with Crippen LogP contribution in [0.15, 0.2) is 48.6 Å². The van der Waals surface area contributed by atoms with Gasteiger partial charge in [0.05, 0.1) is 17.5 Å². The van der Waals surface area contributed by atoms with Crippen molar-refractivity contribution in [3.05, 3.63) is 65.5 Å². The number of sulfonamides is 1. The van der Waals surface area contributed by atoms with Crippen LogP contribution >= 0.6 is 0 Å². The first-order valence-corrected chi connectivity index (χ1v) is 10.0. The zero-order chi connectivity index (χ0) is 23.1. The van der Waals surface area contributed by atoms with Crippen LogP contribution < -0.4 is 15.8 Å². The fourth-order valence-electron chi connectivity index (χ4n) is 2.18. The van der Waals surface area contributed by atoms with E-state index in [0.29, 0.717) is 0 Å². The molecule has 0 aliphatic rings. The fraction of sp³-hybridized carbons (Fsp3) is 0.211. The van der Waals surface area contributed by atoms with E-state index in [1.165, 1.54) is 6.07 Å². The quantitative estimate of drug-likeness (QED) is 0.248. The molecule has 0 heterocycles. The molecule has 0 aliphatic carbocycles. The molecule has 1 atom stereocenters. The van der Waals surface area contributed by atoms with E-state index in [9.17, 15) is 30.8 Å². The van der Waals surface area contributed by atoms with Crippen molar-refractivity contribution >= 4 is 21.6 Å². The maximum atomic E-state index is 14.2. The fourth-order valence-corrected chi connectivity index (χ4v) is 2.75. The molecule has 1 rings (SSSR count). The van der Waals surface area contributed by atoms with Gasteiger partial charge in [-0.05, 0) is 23.3 Å². The van der Waals surface area contributed by atoms with Crippen LogP contribution in [0.5, 0.6) is 0 Å². The number of hydrogen-bond donors (Lipinski definition) is 3. The van der Waals surface area contributed by atoms with Crippen molar-refractivity contribution in [2.45, 2.75) is 18.8 Å². The third-order valence-electron chi connectivity index (χ3n) is 3.51. The van der Waals surface area contributed by atoms with Crippen LogP contribution in [0.4, 0.5) is 23.2 Å². The van der Waals surface area contributed by atoms with Gasteiger partial charge in [-0.3, -0.25) is 9.52 Å². The summed E-state index contributed by atoms with van der Waals surface area (Å²) in [5.74, 6) is 0.404. The average molecular weight is 445 g/mol. The van der Waals surface area contributed by atoms with Crippen LogP contribution in [0.25, 0.3) is 0 Å². The van der Waals surface area contributed by atoms with Crippen LogP contribution in [-0.4, -0.2) is 32.8 Å². The highest BCUT2D eigenvalue weighted by atomic mass is 32.2. The van der Waals surface area contributed by atoms with Crippen LogP contribution in [0, 0.1) is 18.2 Å². The van der Waals surface area contributed by atoms with Gasteiger partial charge in [-0.25, -0.2) is 12.8 Å². The molecule has 30 heavy (non-hydrogen) atoms. The minimum atomic E-state index is -4.71.